The van der Waals surface area contributed by atoms with E-state index in [1.165, 1.54) is 66.8 Å². The fraction of sp³-hybridized carbons (Fsp3) is 0.0435. The van der Waals surface area contributed by atoms with Gasteiger partial charge >= 0.3 is 0 Å². The number of rotatable bonds is 10. The summed E-state index contributed by atoms with van der Waals surface area (Å²) in [5.74, 6) is 0.822. The maximum Gasteiger partial charge on any atom is 0.126 e. The molecule has 3 heteroatoms. The van der Waals surface area contributed by atoms with Crippen LogP contribution in [-0.4, -0.2) is 14.2 Å². The first-order valence-electron chi connectivity index (χ1n) is 24.7. The first kappa shape index (κ1) is 44.1. The van der Waals surface area contributed by atoms with Crippen LogP contribution in [0.5, 0.6) is 5.75 Å². The van der Waals surface area contributed by atoms with Crippen molar-refractivity contribution in [2.75, 3.05) is 24.0 Å². The molecule has 0 radical (unpaired) electrons. The molecule has 0 spiro atoms. The fourth-order valence-electron chi connectivity index (χ4n) is 10.6. The summed E-state index contributed by atoms with van der Waals surface area (Å²) in [6.45, 7) is 0. The van der Waals surface area contributed by atoms with E-state index in [4.69, 9.17) is 4.74 Å². The zero-order chi connectivity index (χ0) is 48.4. The van der Waals surface area contributed by atoms with Gasteiger partial charge in [0.1, 0.15) is 5.75 Å². The molecule has 0 fully saturated rings. The van der Waals surface area contributed by atoms with Gasteiger partial charge in [-0.1, -0.05) is 194 Å². The first-order chi connectivity index (χ1) is 35.6. The highest BCUT2D eigenvalue weighted by Gasteiger charge is 2.23. The molecule has 0 N–H and O–H groups in total. The average molecular weight is 925 g/mol. The minimum absolute atomic E-state index is 0.818. The summed E-state index contributed by atoms with van der Waals surface area (Å²) >= 11 is 0. The monoisotopic (exact) mass is 924 g/mol. The maximum atomic E-state index is 6.08. The Bertz CT molecular complexity index is 3700. The Kier molecular flexibility index (Phi) is 11.8. The number of methoxy groups -OCH3 is 1. The van der Waals surface area contributed by atoms with Crippen LogP contribution in [0.15, 0.2) is 267 Å². The van der Waals surface area contributed by atoms with Crippen LogP contribution in [0, 0.1) is 0 Å². The normalized spacial score (nSPS) is 11.4. The van der Waals surface area contributed by atoms with Crippen LogP contribution >= 0.6 is 0 Å². The number of fused-ring (bicyclic) bond motifs is 7. The van der Waals surface area contributed by atoms with Crippen molar-refractivity contribution in [1.29, 1.82) is 0 Å². The van der Waals surface area contributed by atoms with Gasteiger partial charge in [-0.2, -0.15) is 0 Å². The zero-order valence-corrected chi connectivity index (χ0v) is 40.4. The SMILES string of the molecule is COc1ccc(-c2ccc(N(C)c3ccccc3)c(-c3ccccc3)c2)cc1-c1ccc(N(c2ccc(-c3ccccc3)cc2)c2ccc3c(c2)-c2ccccc2-c2ccccc2-c2ccccc2C3)cc1. The maximum absolute atomic E-state index is 6.08. The molecular weight excluding hydrogens is 873 g/mol. The predicted molar refractivity (Wildman–Crippen MR) is 303 cm³/mol. The molecule has 344 valence electrons. The Balaban J connectivity index is 0.961. The van der Waals surface area contributed by atoms with Crippen LogP contribution in [0.3, 0.4) is 0 Å². The highest BCUT2D eigenvalue weighted by molar-refractivity contribution is 5.96. The van der Waals surface area contributed by atoms with E-state index in [1.54, 1.807) is 7.11 Å². The molecule has 0 saturated carbocycles. The van der Waals surface area contributed by atoms with Crippen LogP contribution in [0.25, 0.3) is 77.9 Å². The molecule has 0 unspecified atom stereocenters. The lowest BCUT2D eigenvalue weighted by atomic mass is 9.89. The van der Waals surface area contributed by atoms with Gasteiger partial charge in [-0.3, -0.25) is 0 Å². The highest BCUT2D eigenvalue weighted by atomic mass is 16.5. The molecule has 72 heavy (non-hydrogen) atoms. The van der Waals surface area contributed by atoms with Crippen LogP contribution < -0.4 is 14.5 Å². The van der Waals surface area contributed by atoms with Crippen molar-refractivity contribution in [3.63, 3.8) is 0 Å². The van der Waals surface area contributed by atoms with Crippen LogP contribution in [0.1, 0.15) is 11.1 Å². The minimum Gasteiger partial charge on any atom is -0.496 e. The fourth-order valence-corrected chi connectivity index (χ4v) is 10.6. The van der Waals surface area contributed by atoms with Crippen LogP contribution in [0.4, 0.5) is 28.4 Å². The molecule has 3 nitrogen and oxygen atoms in total. The third kappa shape index (κ3) is 8.42. The van der Waals surface area contributed by atoms with Crippen molar-refractivity contribution in [3.05, 3.63) is 278 Å². The molecule has 0 heterocycles. The van der Waals surface area contributed by atoms with Gasteiger partial charge in [0.25, 0.3) is 0 Å². The second-order valence-electron chi connectivity index (χ2n) is 18.5. The second-order valence-corrected chi connectivity index (χ2v) is 18.5. The Hall–Kier alpha value is -9.18. The van der Waals surface area contributed by atoms with Gasteiger partial charge in [-0.15, -0.1) is 0 Å². The molecule has 0 amide bonds. The molecular formula is C69H52N2O. The summed E-state index contributed by atoms with van der Waals surface area (Å²) in [6, 6.07) is 96.8. The number of nitrogens with zero attached hydrogens (tertiary/aromatic N) is 2. The quantitative estimate of drug-likeness (QED) is 0.136. The summed E-state index contributed by atoms with van der Waals surface area (Å²) in [4.78, 5) is 4.65. The predicted octanol–water partition coefficient (Wildman–Crippen LogP) is 18.5. The van der Waals surface area contributed by atoms with Crippen molar-refractivity contribution < 1.29 is 4.74 Å². The van der Waals surface area contributed by atoms with Gasteiger partial charge in [-0.05, 0) is 157 Å². The molecule has 1 aliphatic rings. The number of para-hydroxylation sites is 1. The summed E-state index contributed by atoms with van der Waals surface area (Å²) in [7, 11) is 3.90. The van der Waals surface area contributed by atoms with Gasteiger partial charge in [-0.25, -0.2) is 0 Å². The number of hydrogen-bond acceptors (Lipinski definition) is 3. The summed E-state index contributed by atoms with van der Waals surface area (Å²) in [5.41, 5.74) is 24.6. The molecule has 0 aromatic heterocycles. The molecule has 0 bridgehead atoms. The van der Waals surface area contributed by atoms with E-state index < -0.39 is 0 Å². The topological polar surface area (TPSA) is 15.7 Å². The summed E-state index contributed by atoms with van der Waals surface area (Å²) in [6.07, 6.45) is 0.818. The van der Waals surface area contributed by atoms with E-state index in [-0.39, 0.29) is 0 Å². The third-order valence-electron chi connectivity index (χ3n) is 14.3. The highest BCUT2D eigenvalue weighted by Crippen LogP contribution is 2.47. The lowest BCUT2D eigenvalue weighted by molar-refractivity contribution is 0.416. The van der Waals surface area contributed by atoms with Gasteiger partial charge in [0.2, 0.25) is 0 Å². The molecule has 12 rings (SSSR count). The lowest BCUT2D eigenvalue weighted by Crippen LogP contribution is -2.10. The molecule has 1 aliphatic carbocycles. The van der Waals surface area contributed by atoms with Crippen molar-refractivity contribution in [3.8, 4) is 83.6 Å². The Morgan fingerprint density at radius 3 is 1.35 bits per heavy atom. The van der Waals surface area contributed by atoms with E-state index in [2.05, 4.69) is 284 Å². The Labute approximate surface area is 423 Å². The molecule has 0 atom stereocenters. The number of benzene rings is 11. The van der Waals surface area contributed by atoms with Crippen molar-refractivity contribution in [2.45, 2.75) is 6.42 Å². The zero-order valence-electron chi connectivity index (χ0n) is 40.4. The van der Waals surface area contributed by atoms with Gasteiger partial charge in [0, 0.05) is 46.6 Å². The molecule has 11 aromatic carbocycles. The lowest BCUT2D eigenvalue weighted by Gasteiger charge is -2.27. The van der Waals surface area contributed by atoms with E-state index in [1.807, 2.05) is 0 Å². The first-order valence-corrected chi connectivity index (χ1v) is 24.7. The molecule has 11 aromatic rings. The second kappa shape index (κ2) is 19.3. The average Bonchev–Trinajstić information content (AvgIpc) is 3.51. The smallest absolute Gasteiger partial charge is 0.126 e. The third-order valence-corrected chi connectivity index (χ3v) is 14.3. The largest absolute Gasteiger partial charge is 0.496 e. The minimum atomic E-state index is 0.818. The summed E-state index contributed by atoms with van der Waals surface area (Å²) < 4.78 is 6.08. The number of hydrogen-bond donors (Lipinski definition) is 0. The standard InChI is InChI=1S/C69H52N2O/c1-70(56-23-10-5-11-24-56)68-42-35-52(45-66(68)50-20-8-4-9-21-50)53-36-43-69(72-2)67(46-53)51-32-39-58(40-33-51)71(57-37-30-49(31-38-57)48-18-6-3-7-19-48)59-41-34-55-44-54-22-12-13-25-60(54)61-26-14-15-27-62(61)63-28-16-17-29-64(63)65(55)47-59/h3-43,45-47H,44H2,1-2H3. The summed E-state index contributed by atoms with van der Waals surface area (Å²) in [5, 5.41) is 0. The Morgan fingerprint density at radius 1 is 0.292 bits per heavy atom. The molecule has 0 saturated heterocycles. The Morgan fingerprint density at radius 2 is 0.722 bits per heavy atom. The van der Waals surface area contributed by atoms with E-state index >= 15 is 0 Å². The van der Waals surface area contributed by atoms with E-state index in [0.29, 0.717) is 0 Å². The van der Waals surface area contributed by atoms with Crippen LogP contribution in [0.2, 0.25) is 0 Å². The number of anilines is 5. The molecule has 0 aliphatic heterocycles. The van der Waals surface area contributed by atoms with Crippen molar-refractivity contribution in [2.24, 2.45) is 0 Å². The van der Waals surface area contributed by atoms with Gasteiger partial charge in [0.15, 0.2) is 0 Å². The van der Waals surface area contributed by atoms with Crippen molar-refractivity contribution in [1.82, 2.24) is 0 Å². The van der Waals surface area contributed by atoms with Gasteiger partial charge in [0.05, 0.1) is 7.11 Å². The van der Waals surface area contributed by atoms with Crippen LogP contribution in [-0.2, 0) is 6.42 Å². The van der Waals surface area contributed by atoms with Gasteiger partial charge < -0.3 is 14.5 Å². The van der Waals surface area contributed by atoms with E-state index in [9.17, 15) is 0 Å². The van der Waals surface area contributed by atoms with Crippen molar-refractivity contribution >= 4 is 28.4 Å². The number of ether oxygens (including phenoxy) is 1. The van der Waals surface area contributed by atoms with E-state index in [0.717, 1.165) is 62.9 Å².